The first-order chi connectivity index (χ1) is 9.69. The SMILES string of the molecule is CCCNc1nc(OCC)nc(SCC(=O)OCC)n1. The maximum atomic E-state index is 11.3. The summed E-state index contributed by atoms with van der Waals surface area (Å²) < 4.78 is 10.1. The minimum Gasteiger partial charge on any atom is -0.465 e. The van der Waals surface area contributed by atoms with Gasteiger partial charge in [-0.05, 0) is 20.3 Å². The molecule has 0 aliphatic carbocycles. The molecule has 0 saturated carbocycles. The summed E-state index contributed by atoms with van der Waals surface area (Å²) in [5.74, 6) is 0.326. The van der Waals surface area contributed by atoms with Gasteiger partial charge in [0.25, 0.3) is 0 Å². The van der Waals surface area contributed by atoms with Crippen LogP contribution in [0.15, 0.2) is 5.16 Å². The molecule has 0 fully saturated rings. The Hall–Kier alpha value is -1.57. The molecule has 0 aliphatic heterocycles. The lowest BCUT2D eigenvalue weighted by atomic mass is 10.5. The number of aromatic nitrogens is 3. The van der Waals surface area contributed by atoms with Gasteiger partial charge >= 0.3 is 12.0 Å². The Balaban J connectivity index is 2.71. The van der Waals surface area contributed by atoms with Gasteiger partial charge < -0.3 is 14.8 Å². The van der Waals surface area contributed by atoms with E-state index in [0.717, 1.165) is 13.0 Å². The molecule has 0 atom stereocenters. The molecule has 0 aromatic carbocycles. The molecule has 20 heavy (non-hydrogen) atoms. The lowest BCUT2D eigenvalue weighted by molar-refractivity contribution is -0.139. The van der Waals surface area contributed by atoms with Crippen LogP contribution in [0.3, 0.4) is 0 Å². The van der Waals surface area contributed by atoms with Gasteiger partial charge in [0.1, 0.15) is 0 Å². The third kappa shape index (κ3) is 6.05. The van der Waals surface area contributed by atoms with Gasteiger partial charge in [0.2, 0.25) is 5.95 Å². The highest BCUT2D eigenvalue weighted by Crippen LogP contribution is 2.17. The predicted molar refractivity (Wildman–Crippen MR) is 77.1 cm³/mol. The van der Waals surface area contributed by atoms with E-state index in [1.54, 1.807) is 6.92 Å². The summed E-state index contributed by atoms with van der Waals surface area (Å²) in [5, 5.41) is 3.51. The van der Waals surface area contributed by atoms with Gasteiger partial charge in [-0.25, -0.2) is 0 Å². The molecule has 0 spiro atoms. The van der Waals surface area contributed by atoms with Crippen LogP contribution in [0.4, 0.5) is 5.95 Å². The molecule has 0 bridgehead atoms. The lowest BCUT2D eigenvalue weighted by Crippen LogP contribution is -2.10. The van der Waals surface area contributed by atoms with E-state index in [9.17, 15) is 4.79 Å². The van der Waals surface area contributed by atoms with Crippen LogP contribution in [0.25, 0.3) is 0 Å². The minimum absolute atomic E-state index is 0.163. The summed E-state index contributed by atoms with van der Waals surface area (Å²) in [4.78, 5) is 23.8. The van der Waals surface area contributed by atoms with Crippen LogP contribution in [0.5, 0.6) is 6.01 Å². The van der Waals surface area contributed by atoms with E-state index in [1.807, 2.05) is 13.8 Å². The number of nitrogens with one attached hydrogen (secondary N) is 1. The summed E-state index contributed by atoms with van der Waals surface area (Å²) in [7, 11) is 0. The van der Waals surface area contributed by atoms with Gasteiger partial charge in [0, 0.05) is 6.54 Å². The number of hydrogen-bond donors (Lipinski definition) is 1. The summed E-state index contributed by atoms with van der Waals surface area (Å²) >= 11 is 1.20. The van der Waals surface area contributed by atoms with Gasteiger partial charge in [0.15, 0.2) is 5.16 Å². The first-order valence-corrected chi connectivity index (χ1v) is 7.59. The molecule has 8 heteroatoms. The second kappa shape index (κ2) is 9.35. The Morgan fingerprint density at radius 3 is 2.65 bits per heavy atom. The maximum absolute atomic E-state index is 11.3. The molecule has 0 saturated heterocycles. The zero-order valence-corrected chi connectivity index (χ0v) is 12.8. The second-order valence-electron chi connectivity index (χ2n) is 3.68. The monoisotopic (exact) mass is 300 g/mol. The average Bonchev–Trinajstić information content (AvgIpc) is 2.43. The number of rotatable bonds is 9. The molecule has 7 nitrogen and oxygen atoms in total. The Kier molecular flexibility index (Phi) is 7.71. The molecule has 112 valence electrons. The number of anilines is 1. The number of carbonyl (C=O) groups is 1. The molecule has 1 rings (SSSR count). The quantitative estimate of drug-likeness (QED) is 0.545. The molecular weight excluding hydrogens is 280 g/mol. The van der Waals surface area contributed by atoms with Crippen molar-refractivity contribution in [2.24, 2.45) is 0 Å². The standard InChI is InChI=1S/C12H20N4O3S/c1-4-7-13-10-14-11(19-6-3)16-12(15-10)20-8-9(17)18-5-2/h4-8H2,1-3H3,(H,13,14,15,16). The molecule has 1 N–H and O–H groups in total. The van der Waals surface area contributed by atoms with Crippen LogP contribution in [-0.4, -0.2) is 46.4 Å². The number of hydrogen-bond acceptors (Lipinski definition) is 8. The van der Waals surface area contributed by atoms with Crippen molar-refractivity contribution in [2.45, 2.75) is 32.3 Å². The molecule has 1 aromatic heterocycles. The van der Waals surface area contributed by atoms with Gasteiger partial charge in [0.05, 0.1) is 19.0 Å². The molecule has 0 unspecified atom stereocenters. The first-order valence-electron chi connectivity index (χ1n) is 6.60. The largest absolute Gasteiger partial charge is 0.465 e. The summed E-state index contributed by atoms with van der Waals surface area (Å²) in [6.45, 7) is 7.27. The lowest BCUT2D eigenvalue weighted by Gasteiger charge is -2.07. The van der Waals surface area contributed by atoms with Gasteiger partial charge in [-0.15, -0.1) is 0 Å². The van der Waals surface area contributed by atoms with Crippen LogP contribution in [0.2, 0.25) is 0 Å². The molecule has 1 heterocycles. The topological polar surface area (TPSA) is 86.2 Å². The van der Waals surface area contributed by atoms with Crippen LogP contribution in [0.1, 0.15) is 27.2 Å². The number of thioether (sulfide) groups is 1. The summed E-state index contributed by atoms with van der Waals surface area (Å²) in [6.07, 6.45) is 0.959. The fourth-order valence-electron chi connectivity index (χ4n) is 1.24. The van der Waals surface area contributed by atoms with Crippen LogP contribution in [-0.2, 0) is 9.53 Å². The summed E-state index contributed by atoms with van der Waals surface area (Å²) in [6, 6.07) is 0.257. The average molecular weight is 300 g/mol. The Bertz CT molecular complexity index is 431. The zero-order valence-electron chi connectivity index (χ0n) is 12.0. The fourth-order valence-corrected chi connectivity index (χ4v) is 1.86. The smallest absolute Gasteiger partial charge is 0.322 e. The summed E-state index contributed by atoms with van der Waals surface area (Å²) in [5.41, 5.74) is 0. The van der Waals surface area contributed by atoms with Crippen molar-refractivity contribution in [3.63, 3.8) is 0 Å². The molecular formula is C12H20N4O3S. The number of nitrogens with zero attached hydrogens (tertiary/aromatic N) is 3. The number of ether oxygens (including phenoxy) is 2. The van der Waals surface area contributed by atoms with E-state index < -0.39 is 0 Å². The van der Waals surface area contributed by atoms with Gasteiger partial charge in [-0.3, -0.25) is 4.79 Å². The van der Waals surface area contributed by atoms with Crippen molar-refractivity contribution in [2.75, 3.05) is 30.8 Å². The van der Waals surface area contributed by atoms with Crippen molar-refractivity contribution in [1.29, 1.82) is 0 Å². The highest BCUT2D eigenvalue weighted by molar-refractivity contribution is 7.99. The maximum Gasteiger partial charge on any atom is 0.322 e. The van der Waals surface area contributed by atoms with Gasteiger partial charge in [-0.2, -0.15) is 15.0 Å². The van der Waals surface area contributed by atoms with Crippen molar-refractivity contribution in [3.8, 4) is 6.01 Å². The van der Waals surface area contributed by atoms with E-state index in [0.29, 0.717) is 24.3 Å². The van der Waals surface area contributed by atoms with Crippen molar-refractivity contribution >= 4 is 23.7 Å². The van der Waals surface area contributed by atoms with E-state index in [2.05, 4.69) is 20.3 Å². The Labute approximate surface area is 122 Å². The Morgan fingerprint density at radius 1 is 1.20 bits per heavy atom. The number of esters is 1. The van der Waals surface area contributed by atoms with E-state index in [4.69, 9.17) is 9.47 Å². The van der Waals surface area contributed by atoms with E-state index in [1.165, 1.54) is 11.8 Å². The fraction of sp³-hybridized carbons (Fsp3) is 0.667. The highest BCUT2D eigenvalue weighted by Gasteiger charge is 2.10. The highest BCUT2D eigenvalue weighted by atomic mass is 32.2. The van der Waals surface area contributed by atoms with Crippen molar-refractivity contribution < 1.29 is 14.3 Å². The zero-order chi connectivity index (χ0) is 14.8. The predicted octanol–water partition coefficient (Wildman–Crippen LogP) is 1.75. The first kappa shape index (κ1) is 16.5. The molecule has 1 aromatic rings. The molecule has 0 amide bonds. The van der Waals surface area contributed by atoms with E-state index in [-0.39, 0.29) is 17.7 Å². The molecule has 0 radical (unpaired) electrons. The van der Waals surface area contributed by atoms with Gasteiger partial charge in [-0.1, -0.05) is 18.7 Å². The molecule has 0 aliphatic rings. The van der Waals surface area contributed by atoms with Crippen LogP contribution in [0, 0.1) is 0 Å². The third-order valence-corrected chi connectivity index (χ3v) is 2.85. The minimum atomic E-state index is -0.293. The van der Waals surface area contributed by atoms with Crippen molar-refractivity contribution in [1.82, 2.24) is 15.0 Å². The van der Waals surface area contributed by atoms with Crippen LogP contribution < -0.4 is 10.1 Å². The number of carbonyl (C=O) groups excluding carboxylic acids is 1. The normalized spacial score (nSPS) is 10.2. The Morgan fingerprint density at radius 2 is 2.00 bits per heavy atom. The second-order valence-corrected chi connectivity index (χ2v) is 4.62. The van der Waals surface area contributed by atoms with E-state index >= 15 is 0 Å². The van der Waals surface area contributed by atoms with Crippen LogP contribution >= 0.6 is 11.8 Å². The third-order valence-electron chi connectivity index (χ3n) is 2.03. The van der Waals surface area contributed by atoms with Crippen molar-refractivity contribution in [3.05, 3.63) is 0 Å².